The zero-order valence-corrected chi connectivity index (χ0v) is 20.1. The quantitative estimate of drug-likeness (QED) is 0.263. The standard InChI is InChI=1S/C27H20N6O3S/c28-26-29-15-30-27(33-26)37-23(17-6-2-1-3-7-17)24(34)31-18-12-10-16(11-13-18)22-14-20(25(35)36)19-8-4-5-9-21(19)32-22/h1-15,23H,(H,31,34)(H,35,36)(H2,28,29,30,33). The number of thioether (sulfide) groups is 1. The number of fused-ring (bicyclic) bond motifs is 1. The van der Waals surface area contributed by atoms with Crippen LogP contribution in [0, 0.1) is 0 Å². The molecule has 0 bridgehead atoms. The topological polar surface area (TPSA) is 144 Å². The number of aromatic nitrogens is 4. The molecular weight excluding hydrogens is 488 g/mol. The number of para-hydroxylation sites is 1. The molecule has 1 unspecified atom stereocenters. The van der Waals surface area contributed by atoms with E-state index >= 15 is 0 Å². The van der Waals surface area contributed by atoms with Gasteiger partial charge in [0.1, 0.15) is 11.6 Å². The average molecular weight is 509 g/mol. The maximum atomic E-state index is 13.3. The number of carbonyl (C=O) groups excluding carboxylic acids is 1. The van der Waals surface area contributed by atoms with Crippen LogP contribution in [0.1, 0.15) is 21.2 Å². The number of carboxylic acids is 1. The lowest BCUT2D eigenvalue weighted by Gasteiger charge is -2.16. The minimum Gasteiger partial charge on any atom is -0.478 e. The van der Waals surface area contributed by atoms with E-state index in [1.54, 1.807) is 48.5 Å². The number of hydrogen-bond acceptors (Lipinski definition) is 8. The number of nitrogens with two attached hydrogens (primary N) is 1. The molecule has 0 aliphatic carbocycles. The minimum absolute atomic E-state index is 0.0775. The Bertz CT molecular complexity index is 1600. The second kappa shape index (κ2) is 10.4. The Morgan fingerprint density at radius 3 is 2.35 bits per heavy atom. The van der Waals surface area contributed by atoms with E-state index in [1.165, 1.54) is 18.1 Å². The molecule has 0 saturated carbocycles. The molecule has 2 heterocycles. The van der Waals surface area contributed by atoms with Crippen LogP contribution in [0.25, 0.3) is 22.2 Å². The van der Waals surface area contributed by atoms with Crippen molar-refractivity contribution in [3.8, 4) is 11.3 Å². The second-order valence-electron chi connectivity index (χ2n) is 7.98. The van der Waals surface area contributed by atoms with Gasteiger partial charge in [-0.3, -0.25) is 4.79 Å². The first-order valence-corrected chi connectivity index (χ1v) is 12.1. The average Bonchev–Trinajstić information content (AvgIpc) is 2.92. The fourth-order valence-corrected chi connectivity index (χ4v) is 4.71. The lowest BCUT2D eigenvalue weighted by molar-refractivity contribution is -0.115. The van der Waals surface area contributed by atoms with Gasteiger partial charge in [-0.15, -0.1) is 0 Å². The Labute approximate surface area is 215 Å². The molecule has 182 valence electrons. The molecule has 2 aromatic heterocycles. The Morgan fingerprint density at radius 1 is 0.892 bits per heavy atom. The zero-order valence-electron chi connectivity index (χ0n) is 19.3. The minimum atomic E-state index is -1.02. The van der Waals surface area contributed by atoms with Crippen LogP contribution < -0.4 is 11.1 Å². The molecule has 0 fully saturated rings. The number of nitrogen functional groups attached to an aromatic ring is 1. The third kappa shape index (κ3) is 5.39. The zero-order chi connectivity index (χ0) is 25.8. The molecule has 4 N–H and O–H groups in total. The van der Waals surface area contributed by atoms with Crippen LogP contribution in [0.15, 0.2) is 96.4 Å². The van der Waals surface area contributed by atoms with Crippen molar-refractivity contribution in [2.45, 2.75) is 10.4 Å². The number of benzene rings is 3. The van der Waals surface area contributed by atoms with Crippen molar-refractivity contribution >= 4 is 46.2 Å². The highest BCUT2D eigenvalue weighted by atomic mass is 32.2. The molecule has 0 spiro atoms. The number of nitrogens with zero attached hydrogens (tertiary/aromatic N) is 4. The molecular formula is C27H20N6O3S. The van der Waals surface area contributed by atoms with E-state index in [-0.39, 0.29) is 17.4 Å². The number of anilines is 2. The summed E-state index contributed by atoms with van der Waals surface area (Å²) in [7, 11) is 0. The first-order chi connectivity index (χ1) is 18.0. The number of rotatable bonds is 7. The summed E-state index contributed by atoms with van der Waals surface area (Å²) in [4.78, 5) is 41.8. The van der Waals surface area contributed by atoms with Crippen molar-refractivity contribution in [3.63, 3.8) is 0 Å². The molecule has 5 rings (SSSR count). The fraction of sp³-hybridized carbons (Fsp3) is 0.0370. The fourth-order valence-electron chi connectivity index (χ4n) is 3.79. The van der Waals surface area contributed by atoms with Crippen molar-refractivity contribution in [1.82, 2.24) is 19.9 Å². The first-order valence-electron chi connectivity index (χ1n) is 11.2. The van der Waals surface area contributed by atoms with Crippen LogP contribution in [0.5, 0.6) is 0 Å². The third-order valence-electron chi connectivity index (χ3n) is 5.53. The Hall–Kier alpha value is -4.83. The molecule has 0 aliphatic rings. The van der Waals surface area contributed by atoms with Crippen molar-refractivity contribution in [1.29, 1.82) is 0 Å². The van der Waals surface area contributed by atoms with E-state index in [9.17, 15) is 14.7 Å². The molecule has 10 heteroatoms. The number of nitrogens with one attached hydrogen (secondary N) is 1. The predicted octanol–water partition coefficient (Wildman–Crippen LogP) is 4.84. The molecule has 1 atom stereocenters. The molecule has 9 nitrogen and oxygen atoms in total. The Kier molecular flexibility index (Phi) is 6.73. The molecule has 0 aliphatic heterocycles. The van der Waals surface area contributed by atoms with E-state index in [4.69, 9.17) is 5.73 Å². The Balaban J connectivity index is 1.40. The first kappa shape index (κ1) is 23.9. The van der Waals surface area contributed by atoms with Crippen LogP contribution in [0.4, 0.5) is 11.6 Å². The van der Waals surface area contributed by atoms with E-state index < -0.39 is 11.2 Å². The third-order valence-corrected chi connectivity index (χ3v) is 6.66. The van der Waals surface area contributed by atoms with Crippen molar-refractivity contribution in [2.24, 2.45) is 0 Å². The van der Waals surface area contributed by atoms with E-state index in [2.05, 4.69) is 25.3 Å². The Morgan fingerprint density at radius 2 is 1.62 bits per heavy atom. The summed E-state index contributed by atoms with van der Waals surface area (Å²) in [6.45, 7) is 0. The van der Waals surface area contributed by atoms with Gasteiger partial charge in [-0.1, -0.05) is 72.4 Å². The van der Waals surface area contributed by atoms with Crippen LogP contribution >= 0.6 is 11.8 Å². The SMILES string of the molecule is Nc1ncnc(SC(C(=O)Nc2ccc(-c3cc(C(=O)O)c4ccccc4n3)cc2)c2ccccc2)n1. The van der Waals surface area contributed by atoms with E-state index in [0.29, 0.717) is 27.4 Å². The summed E-state index contributed by atoms with van der Waals surface area (Å²) >= 11 is 1.17. The van der Waals surface area contributed by atoms with Crippen LogP contribution in [0.3, 0.4) is 0 Å². The summed E-state index contributed by atoms with van der Waals surface area (Å²) in [6, 6.07) is 25.0. The number of pyridine rings is 1. The predicted molar refractivity (Wildman–Crippen MR) is 142 cm³/mol. The summed E-state index contributed by atoms with van der Waals surface area (Å²) in [5.41, 5.74) is 9.06. The highest BCUT2D eigenvalue weighted by Crippen LogP contribution is 2.34. The number of hydrogen-bond donors (Lipinski definition) is 3. The van der Waals surface area contributed by atoms with Gasteiger partial charge in [0.05, 0.1) is 16.8 Å². The highest BCUT2D eigenvalue weighted by molar-refractivity contribution is 8.00. The van der Waals surface area contributed by atoms with Crippen molar-refractivity contribution in [3.05, 3.63) is 102 Å². The van der Waals surface area contributed by atoms with Gasteiger partial charge in [-0.25, -0.2) is 19.7 Å². The summed E-state index contributed by atoms with van der Waals surface area (Å²) < 4.78 is 0. The normalized spacial score (nSPS) is 11.7. The van der Waals surface area contributed by atoms with Gasteiger partial charge in [0.25, 0.3) is 0 Å². The summed E-state index contributed by atoms with van der Waals surface area (Å²) in [5.74, 6) is -1.21. The molecule has 3 aromatic carbocycles. The summed E-state index contributed by atoms with van der Waals surface area (Å²) in [5, 5.41) is 12.9. The number of aromatic carboxylic acids is 1. The number of carboxylic acid groups (broad SMARTS) is 1. The molecule has 1 amide bonds. The van der Waals surface area contributed by atoms with E-state index in [0.717, 1.165) is 11.1 Å². The lowest BCUT2D eigenvalue weighted by Crippen LogP contribution is -2.19. The van der Waals surface area contributed by atoms with Crippen LogP contribution in [-0.4, -0.2) is 36.9 Å². The van der Waals surface area contributed by atoms with Crippen molar-refractivity contribution in [2.75, 3.05) is 11.1 Å². The monoisotopic (exact) mass is 508 g/mol. The van der Waals surface area contributed by atoms with Crippen LogP contribution in [-0.2, 0) is 4.79 Å². The maximum absolute atomic E-state index is 13.3. The largest absolute Gasteiger partial charge is 0.478 e. The van der Waals surface area contributed by atoms with Crippen LogP contribution in [0.2, 0.25) is 0 Å². The molecule has 0 radical (unpaired) electrons. The van der Waals surface area contributed by atoms with E-state index in [1.807, 2.05) is 36.4 Å². The second-order valence-corrected chi connectivity index (χ2v) is 9.05. The van der Waals surface area contributed by atoms with Gasteiger partial charge in [-0.05, 0) is 29.8 Å². The smallest absolute Gasteiger partial charge is 0.336 e. The van der Waals surface area contributed by atoms with Gasteiger partial charge >= 0.3 is 5.97 Å². The van der Waals surface area contributed by atoms with Gasteiger partial charge in [0.15, 0.2) is 5.16 Å². The maximum Gasteiger partial charge on any atom is 0.336 e. The number of carbonyl (C=O) groups is 2. The van der Waals surface area contributed by atoms with Crippen molar-refractivity contribution < 1.29 is 14.7 Å². The molecule has 0 saturated heterocycles. The molecule has 5 aromatic rings. The number of amides is 1. The highest BCUT2D eigenvalue weighted by Gasteiger charge is 2.24. The van der Waals surface area contributed by atoms with Gasteiger partial charge in [0, 0.05) is 16.6 Å². The summed E-state index contributed by atoms with van der Waals surface area (Å²) in [6.07, 6.45) is 1.31. The lowest BCUT2D eigenvalue weighted by atomic mass is 10.0. The van der Waals surface area contributed by atoms with Gasteiger partial charge in [-0.2, -0.15) is 4.98 Å². The van der Waals surface area contributed by atoms with Gasteiger partial charge < -0.3 is 16.2 Å². The molecule has 37 heavy (non-hydrogen) atoms. The van der Waals surface area contributed by atoms with Gasteiger partial charge in [0.2, 0.25) is 11.9 Å².